The molecule has 0 fully saturated rings. The SMILES string of the molecule is CC(C)N(C(C)C)[Si](C)(C)C[Si](C)(C)C. The highest BCUT2D eigenvalue weighted by Gasteiger charge is 2.36. The zero-order valence-corrected chi connectivity index (χ0v) is 14.3. The first-order valence-corrected chi connectivity index (χ1v) is 13.1. The van der Waals surface area contributed by atoms with E-state index in [1.165, 1.54) is 5.67 Å². The summed E-state index contributed by atoms with van der Waals surface area (Å²) in [5, 5.41) is 0. The topological polar surface area (TPSA) is 3.24 Å². The predicted molar refractivity (Wildman–Crippen MR) is 77.7 cm³/mol. The Morgan fingerprint density at radius 3 is 1.33 bits per heavy atom. The Balaban J connectivity index is 4.80. The van der Waals surface area contributed by atoms with Crippen molar-refractivity contribution in [2.24, 2.45) is 0 Å². The van der Waals surface area contributed by atoms with Crippen molar-refractivity contribution >= 4 is 16.3 Å². The van der Waals surface area contributed by atoms with Crippen LogP contribution in [-0.4, -0.2) is 33.0 Å². The van der Waals surface area contributed by atoms with E-state index < -0.39 is 16.3 Å². The highest BCUT2D eigenvalue weighted by Crippen LogP contribution is 2.26. The van der Waals surface area contributed by atoms with Crippen LogP contribution in [0.1, 0.15) is 27.7 Å². The van der Waals surface area contributed by atoms with Crippen LogP contribution < -0.4 is 0 Å². The third-order valence-electron chi connectivity index (χ3n) is 2.77. The maximum atomic E-state index is 2.80. The molecule has 0 aliphatic rings. The van der Waals surface area contributed by atoms with Crippen molar-refractivity contribution in [2.45, 2.75) is 78.2 Å². The molecule has 0 radical (unpaired) electrons. The smallest absolute Gasteiger partial charge is 0.120 e. The van der Waals surface area contributed by atoms with Crippen LogP contribution in [0.4, 0.5) is 0 Å². The molecular formula is C12H31NSi2. The molecule has 0 spiro atoms. The van der Waals surface area contributed by atoms with Gasteiger partial charge in [0.1, 0.15) is 8.24 Å². The lowest BCUT2D eigenvalue weighted by atomic mass is 10.3. The minimum Gasteiger partial charge on any atom is -0.320 e. The van der Waals surface area contributed by atoms with Crippen molar-refractivity contribution in [3.8, 4) is 0 Å². The van der Waals surface area contributed by atoms with Gasteiger partial charge < -0.3 is 4.57 Å². The van der Waals surface area contributed by atoms with E-state index in [0.29, 0.717) is 12.1 Å². The molecule has 0 bridgehead atoms. The van der Waals surface area contributed by atoms with E-state index in [9.17, 15) is 0 Å². The molecule has 0 aromatic rings. The maximum Gasteiger partial charge on any atom is 0.120 e. The molecule has 0 unspecified atom stereocenters. The highest BCUT2D eigenvalue weighted by atomic mass is 28.4. The van der Waals surface area contributed by atoms with Crippen LogP contribution in [-0.2, 0) is 0 Å². The van der Waals surface area contributed by atoms with Crippen molar-refractivity contribution in [2.75, 3.05) is 0 Å². The molecule has 3 heteroatoms. The molecule has 0 atom stereocenters. The van der Waals surface area contributed by atoms with Gasteiger partial charge in [-0.25, -0.2) is 0 Å². The van der Waals surface area contributed by atoms with Gasteiger partial charge in [-0.3, -0.25) is 0 Å². The van der Waals surface area contributed by atoms with Crippen LogP contribution in [0.25, 0.3) is 0 Å². The van der Waals surface area contributed by atoms with Crippen molar-refractivity contribution < 1.29 is 0 Å². The number of hydrogen-bond acceptors (Lipinski definition) is 1. The fraction of sp³-hybridized carbons (Fsp3) is 1.00. The van der Waals surface area contributed by atoms with Crippen LogP contribution >= 0.6 is 0 Å². The molecule has 0 saturated carbocycles. The summed E-state index contributed by atoms with van der Waals surface area (Å²) in [4.78, 5) is 0. The van der Waals surface area contributed by atoms with Crippen molar-refractivity contribution in [1.29, 1.82) is 0 Å². The average Bonchev–Trinajstić information content (AvgIpc) is 1.74. The van der Waals surface area contributed by atoms with Crippen LogP contribution in [0.3, 0.4) is 0 Å². The lowest BCUT2D eigenvalue weighted by molar-refractivity contribution is 0.295. The van der Waals surface area contributed by atoms with Gasteiger partial charge >= 0.3 is 0 Å². The van der Waals surface area contributed by atoms with Crippen LogP contribution in [0.15, 0.2) is 0 Å². The molecule has 0 aromatic heterocycles. The molecule has 92 valence electrons. The summed E-state index contributed by atoms with van der Waals surface area (Å²) in [6.45, 7) is 22.0. The molecule has 0 amide bonds. The van der Waals surface area contributed by atoms with E-state index in [1.807, 2.05) is 0 Å². The quantitative estimate of drug-likeness (QED) is 0.657. The molecule has 0 aliphatic heterocycles. The normalized spacial score (nSPS) is 14.4. The predicted octanol–water partition coefficient (Wildman–Crippen LogP) is 4.19. The molecular weight excluding hydrogens is 214 g/mol. The van der Waals surface area contributed by atoms with Gasteiger partial charge in [0.2, 0.25) is 0 Å². The van der Waals surface area contributed by atoms with Gasteiger partial charge in [-0.2, -0.15) is 0 Å². The Bertz CT molecular complexity index is 184. The first-order chi connectivity index (χ1) is 6.47. The van der Waals surface area contributed by atoms with Crippen LogP contribution in [0, 0.1) is 0 Å². The second kappa shape index (κ2) is 5.15. The maximum absolute atomic E-state index is 2.80. The van der Waals surface area contributed by atoms with Gasteiger partial charge in [-0.05, 0) is 17.8 Å². The van der Waals surface area contributed by atoms with E-state index >= 15 is 0 Å². The molecule has 15 heavy (non-hydrogen) atoms. The average molecular weight is 246 g/mol. The summed E-state index contributed by atoms with van der Waals surface area (Å²) in [6.07, 6.45) is 0. The Hall–Kier alpha value is 0.394. The summed E-state index contributed by atoms with van der Waals surface area (Å²) in [6, 6.07) is 1.39. The van der Waals surface area contributed by atoms with Gasteiger partial charge in [-0.1, -0.05) is 60.4 Å². The minimum atomic E-state index is -1.20. The number of nitrogens with zero attached hydrogens (tertiary/aromatic N) is 1. The zero-order chi connectivity index (χ0) is 12.4. The van der Waals surface area contributed by atoms with Crippen molar-refractivity contribution in [3.63, 3.8) is 0 Å². The summed E-state index contributed by atoms with van der Waals surface area (Å²) >= 11 is 0. The molecule has 1 nitrogen and oxygen atoms in total. The Labute approximate surface area is 99.4 Å². The van der Waals surface area contributed by atoms with E-state index in [-0.39, 0.29) is 0 Å². The fourth-order valence-corrected chi connectivity index (χ4v) is 17.3. The summed E-state index contributed by atoms with van der Waals surface area (Å²) in [5.74, 6) is 0. The monoisotopic (exact) mass is 245 g/mol. The second-order valence-corrected chi connectivity index (χ2v) is 17.8. The zero-order valence-electron chi connectivity index (χ0n) is 12.3. The van der Waals surface area contributed by atoms with E-state index in [0.717, 1.165) is 0 Å². The fourth-order valence-electron chi connectivity index (χ4n) is 3.38. The summed E-state index contributed by atoms with van der Waals surface area (Å²) in [5.41, 5.74) is 1.51. The third-order valence-corrected chi connectivity index (χ3v) is 12.9. The van der Waals surface area contributed by atoms with Gasteiger partial charge in [0, 0.05) is 8.07 Å². The lowest BCUT2D eigenvalue weighted by Crippen LogP contribution is -2.58. The summed E-state index contributed by atoms with van der Waals surface area (Å²) in [7, 11) is -2.13. The molecule has 0 rings (SSSR count). The van der Waals surface area contributed by atoms with Gasteiger partial charge in [0.15, 0.2) is 0 Å². The van der Waals surface area contributed by atoms with Crippen molar-refractivity contribution in [1.82, 2.24) is 4.57 Å². The number of hydrogen-bond donors (Lipinski definition) is 0. The Kier molecular flexibility index (Phi) is 5.28. The molecule has 0 heterocycles. The standard InChI is InChI=1S/C12H31NSi2/c1-11(2)13(12(3)4)15(8,9)10-14(5,6)7/h11-12H,10H2,1-9H3. The molecule has 0 N–H and O–H groups in total. The van der Waals surface area contributed by atoms with Crippen LogP contribution in [0.2, 0.25) is 38.4 Å². The third kappa shape index (κ3) is 5.32. The van der Waals surface area contributed by atoms with E-state index in [1.54, 1.807) is 0 Å². The van der Waals surface area contributed by atoms with Crippen LogP contribution in [0.5, 0.6) is 0 Å². The first kappa shape index (κ1) is 15.4. The minimum absolute atomic E-state index is 0.697. The highest BCUT2D eigenvalue weighted by molar-refractivity contribution is 6.93. The molecule has 0 aliphatic carbocycles. The van der Waals surface area contributed by atoms with E-state index in [4.69, 9.17) is 0 Å². The molecule has 0 saturated heterocycles. The van der Waals surface area contributed by atoms with Crippen molar-refractivity contribution in [3.05, 3.63) is 0 Å². The first-order valence-electron chi connectivity index (χ1n) is 6.26. The largest absolute Gasteiger partial charge is 0.320 e. The Morgan fingerprint density at radius 2 is 1.13 bits per heavy atom. The lowest BCUT2D eigenvalue weighted by Gasteiger charge is -2.45. The van der Waals surface area contributed by atoms with Gasteiger partial charge in [0.05, 0.1) is 0 Å². The van der Waals surface area contributed by atoms with E-state index in [2.05, 4.69) is 65.0 Å². The number of rotatable bonds is 5. The van der Waals surface area contributed by atoms with Gasteiger partial charge in [0.25, 0.3) is 0 Å². The van der Waals surface area contributed by atoms with Gasteiger partial charge in [-0.15, -0.1) is 0 Å². The Morgan fingerprint density at radius 1 is 0.800 bits per heavy atom. The summed E-state index contributed by atoms with van der Waals surface area (Å²) < 4.78 is 2.80. The second-order valence-electron chi connectivity index (χ2n) is 7.14. The molecule has 0 aromatic carbocycles.